The first-order valence-electron chi connectivity index (χ1n) is 8.78. The van der Waals surface area contributed by atoms with E-state index >= 15 is 0 Å². The average molecular weight is 471 g/mol. The molecular weight excluding hydrogens is 452 g/mol. The molecule has 31 heavy (non-hydrogen) atoms. The van der Waals surface area contributed by atoms with Gasteiger partial charge in [0.15, 0.2) is 10.2 Å². The molecule has 3 rings (SSSR count). The van der Waals surface area contributed by atoms with E-state index in [9.17, 15) is 13.2 Å². The Balaban J connectivity index is 1.89. The van der Waals surface area contributed by atoms with Gasteiger partial charge in [-0.2, -0.15) is 18.4 Å². The molecule has 0 aliphatic carbocycles. The Labute approximate surface area is 182 Å². The average Bonchev–Trinajstić information content (AvgIpc) is 3.02. The van der Waals surface area contributed by atoms with Gasteiger partial charge in [-0.3, -0.25) is 9.72 Å². The van der Waals surface area contributed by atoms with Crippen LogP contribution in [0.2, 0.25) is 5.15 Å². The summed E-state index contributed by atoms with van der Waals surface area (Å²) in [5, 5.41) is 1.45. The van der Waals surface area contributed by atoms with Gasteiger partial charge < -0.3 is 14.2 Å². The van der Waals surface area contributed by atoms with E-state index in [0.717, 1.165) is 0 Å². The minimum Gasteiger partial charge on any atom is -0.489 e. The number of hydrogen-bond acceptors (Lipinski definition) is 9. The maximum atomic E-state index is 12.9. The van der Waals surface area contributed by atoms with E-state index in [1.165, 1.54) is 30.9 Å². The van der Waals surface area contributed by atoms with E-state index in [1.54, 1.807) is 12.1 Å². The summed E-state index contributed by atoms with van der Waals surface area (Å²) in [6.07, 6.45) is 1.27. The zero-order valence-corrected chi connectivity index (χ0v) is 18.5. The molecule has 2 amide bonds. The first-order chi connectivity index (χ1) is 14.6. The summed E-state index contributed by atoms with van der Waals surface area (Å²) in [5.74, 6) is 0.370. The zero-order chi connectivity index (χ0) is 22.8. The van der Waals surface area contributed by atoms with Crippen LogP contribution in [0.5, 0.6) is 17.5 Å². The standard InChI is InChI=1S/C17H19ClN6O6S/c1-9(2)30-10-5-6-11-19-14(18)15(24(11)8-10)31(26,27)23-17(25)22-16-20-12(28-3)7-13(21-16)29-4/h5-9H,1-4H3,(H2,20,21,22,23,25). The number of nitrogens with one attached hydrogen (secondary N) is 2. The predicted molar refractivity (Wildman–Crippen MR) is 110 cm³/mol. The van der Waals surface area contributed by atoms with Crippen molar-refractivity contribution in [2.75, 3.05) is 19.5 Å². The van der Waals surface area contributed by atoms with Gasteiger partial charge in [-0.05, 0) is 26.0 Å². The normalized spacial score (nSPS) is 11.4. The molecule has 166 valence electrons. The lowest BCUT2D eigenvalue weighted by molar-refractivity contribution is 0.241. The molecule has 0 aliphatic rings. The Morgan fingerprint density at radius 3 is 2.35 bits per heavy atom. The van der Waals surface area contributed by atoms with E-state index < -0.39 is 21.1 Å². The molecule has 0 atom stereocenters. The zero-order valence-electron chi connectivity index (χ0n) is 16.9. The van der Waals surface area contributed by atoms with Crippen LogP contribution >= 0.6 is 11.6 Å². The molecule has 2 N–H and O–H groups in total. The van der Waals surface area contributed by atoms with Crippen molar-refractivity contribution < 1.29 is 27.4 Å². The quantitative estimate of drug-likeness (QED) is 0.529. The van der Waals surface area contributed by atoms with Crippen LogP contribution in [0.4, 0.5) is 10.7 Å². The SMILES string of the molecule is COc1cc(OC)nc(NC(=O)NS(=O)(=O)c2c(Cl)nc3ccc(OC(C)C)cn23)n1. The summed E-state index contributed by atoms with van der Waals surface area (Å²) in [5.41, 5.74) is 0.253. The van der Waals surface area contributed by atoms with Crippen LogP contribution in [0.3, 0.4) is 0 Å². The third-order valence-corrected chi connectivity index (χ3v) is 5.41. The Hall–Kier alpha value is -3.32. The monoisotopic (exact) mass is 470 g/mol. The van der Waals surface area contributed by atoms with Gasteiger partial charge in [0.1, 0.15) is 11.4 Å². The third kappa shape index (κ3) is 5.06. The number of ether oxygens (including phenoxy) is 3. The number of carbonyl (C=O) groups is 1. The number of fused-ring (bicyclic) bond motifs is 1. The summed E-state index contributed by atoms with van der Waals surface area (Å²) in [4.78, 5) is 24.1. The number of rotatable bonds is 7. The summed E-state index contributed by atoms with van der Waals surface area (Å²) in [6, 6.07) is 3.42. The van der Waals surface area contributed by atoms with Crippen LogP contribution in [-0.2, 0) is 10.0 Å². The molecule has 0 radical (unpaired) electrons. The number of nitrogens with zero attached hydrogens (tertiary/aromatic N) is 4. The Morgan fingerprint density at radius 2 is 1.77 bits per heavy atom. The molecule has 0 unspecified atom stereocenters. The number of hydrogen-bond donors (Lipinski definition) is 2. The second-order valence-corrected chi connectivity index (χ2v) is 8.26. The molecular formula is C17H19ClN6O6S. The summed E-state index contributed by atoms with van der Waals surface area (Å²) in [6.45, 7) is 3.65. The smallest absolute Gasteiger partial charge is 0.335 e. The maximum absolute atomic E-state index is 12.9. The van der Waals surface area contributed by atoms with Crippen molar-refractivity contribution in [3.05, 3.63) is 29.5 Å². The fourth-order valence-electron chi connectivity index (χ4n) is 2.52. The summed E-state index contributed by atoms with van der Waals surface area (Å²) >= 11 is 6.05. The number of urea groups is 1. The Morgan fingerprint density at radius 1 is 1.13 bits per heavy atom. The minimum absolute atomic E-state index is 0.104. The van der Waals surface area contributed by atoms with E-state index in [1.807, 2.05) is 18.6 Å². The molecule has 3 heterocycles. The van der Waals surface area contributed by atoms with Crippen molar-refractivity contribution >= 4 is 39.3 Å². The highest BCUT2D eigenvalue weighted by Crippen LogP contribution is 2.25. The number of anilines is 1. The highest BCUT2D eigenvalue weighted by Gasteiger charge is 2.27. The number of aromatic nitrogens is 4. The van der Waals surface area contributed by atoms with Gasteiger partial charge >= 0.3 is 6.03 Å². The second-order valence-electron chi connectivity index (χ2n) is 6.30. The first-order valence-corrected chi connectivity index (χ1v) is 10.6. The molecule has 12 nitrogen and oxygen atoms in total. The lowest BCUT2D eigenvalue weighted by Crippen LogP contribution is -2.35. The fourth-order valence-corrected chi connectivity index (χ4v) is 4.07. The molecule has 14 heteroatoms. The van der Waals surface area contributed by atoms with Crippen molar-refractivity contribution in [2.24, 2.45) is 0 Å². The van der Waals surface area contributed by atoms with Gasteiger partial charge in [0.05, 0.1) is 32.6 Å². The van der Waals surface area contributed by atoms with Crippen molar-refractivity contribution in [3.8, 4) is 17.5 Å². The van der Waals surface area contributed by atoms with E-state index in [0.29, 0.717) is 5.75 Å². The summed E-state index contributed by atoms with van der Waals surface area (Å²) in [7, 11) is -1.71. The number of pyridine rings is 1. The number of sulfonamides is 1. The van der Waals surface area contributed by atoms with Crippen molar-refractivity contribution in [1.82, 2.24) is 24.1 Å². The molecule has 3 aromatic rings. The van der Waals surface area contributed by atoms with Gasteiger partial charge in [0.2, 0.25) is 17.7 Å². The van der Waals surface area contributed by atoms with E-state index in [2.05, 4.69) is 20.3 Å². The predicted octanol–water partition coefficient (Wildman–Crippen LogP) is 2.09. The van der Waals surface area contributed by atoms with Gasteiger partial charge in [0, 0.05) is 0 Å². The Kier molecular flexibility index (Phi) is 6.36. The highest BCUT2D eigenvalue weighted by molar-refractivity contribution is 7.90. The lowest BCUT2D eigenvalue weighted by atomic mass is 10.4. The third-order valence-electron chi connectivity index (χ3n) is 3.68. The van der Waals surface area contributed by atoms with Gasteiger partial charge in [0.25, 0.3) is 10.0 Å². The number of halogens is 1. The molecule has 0 fully saturated rings. The van der Waals surface area contributed by atoms with Crippen molar-refractivity contribution in [1.29, 1.82) is 0 Å². The number of imidazole rings is 1. The molecule has 3 aromatic heterocycles. The fraction of sp³-hybridized carbons (Fsp3) is 0.294. The molecule has 0 spiro atoms. The van der Waals surface area contributed by atoms with Crippen LogP contribution in [0, 0.1) is 0 Å². The molecule has 0 aromatic carbocycles. The lowest BCUT2D eigenvalue weighted by Gasteiger charge is -2.11. The number of amides is 2. The molecule has 0 bridgehead atoms. The topological polar surface area (TPSA) is 146 Å². The minimum atomic E-state index is -4.44. The van der Waals surface area contributed by atoms with Crippen molar-refractivity contribution in [3.63, 3.8) is 0 Å². The van der Waals surface area contributed by atoms with E-state index in [-0.39, 0.29) is 34.6 Å². The molecule has 0 saturated heterocycles. The first kappa shape index (κ1) is 22.4. The van der Waals surface area contributed by atoms with Gasteiger partial charge in [-0.1, -0.05) is 11.6 Å². The van der Waals surface area contributed by atoms with Crippen LogP contribution in [0.1, 0.15) is 13.8 Å². The van der Waals surface area contributed by atoms with Gasteiger partial charge in [-0.25, -0.2) is 14.5 Å². The molecule has 0 saturated carbocycles. The van der Waals surface area contributed by atoms with Crippen LogP contribution in [0.15, 0.2) is 29.4 Å². The molecule has 0 aliphatic heterocycles. The van der Waals surface area contributed by atoms with Crippen LogP contribution < -0.4 is 24.2 Å². The van der Waals surface area contributed by atoms with Crippen LogP contribution in [0.25, 0.3) is 5.65 Å². The van der Waals surface area contributed by atoms with Crippen molar-refractivity contribution in [2.45, 2.75) is 25.0 Å². The van der Waals surface area contributed by atoms with Crippen LogP contribution in [-0.4, -0.2) is 54.1 Å². The summed E-state index contributed by atoms with van der Waals surface area (Å²) < 4.78 is 44.3. The highest BCUT2D eigenvalue weighted by atomic mass is 35.5. The van der Waals surface area contributed by atoms with Gasteiger partial charge in [-0.15, -0.1) is 0 Å². The second kappa shape index (κ2) is 8.81. The number of methoxy groups -OCH3 is 2. The Bertz CT molecular complexity index is 1210. The maximum Gasteiger partial charge on any atom is 0.335 e. The van der Waals surface area contributed by atoms with E-state index in [4.69, 9.17) is 25.8 Å². The number of carbonyl (C=O) groups excluding carboxylic acids is 1. The largest absolute Gasteiger partial charge is 0.489 e.